The van der Waals surface area contributed by atoms with Gasteiger partial charge in [-0.1, -0.05) is 17.7 Å². The Balaban J connectivity index is 1.79. The summed E-state index contributed by atoms with van der Waals surface area (Å²) >= 11 is 5.93. The van der Waals surface area contributed by atoms with Gasteiger partial charge in [-0.15, -0.1) is 0 Å². The molecular formula is C26H26ClN3O3. The van der Waals surface area contributed by atoms with Crippen molar-refractivity contribution >= 4 is 52.5 Å². The van der Waals surface area contributed by atoms with Crippen molar-refractivity contribution in [3.63, 3.8) is 0 Å². The second-order valence-corrected chi connectivity index (χ2v) is 9.32. The van der Waals surface area contributed by atoms with Gasteiger partial charge in [0.15, 0.2) is 0 Å². The summed E-state index contributed by atoms with van der Waals surface area (Å²) in [5.41, 5.74) is 5.12. The van der Waals surface area contributed by atoms with Crippen molar-refractivity contribution < 1.29 is 14.4 Å². The van der Waals surface area contributed by atoms with E-state index in [2.05, 4.69) is 50.1 Å². The Morgan fingerprint density at radius 3 is 2.36 bits per heavy atom. The van der Waals surface area contributed by atoms with Crippen LogP contribution in [0.1, 0.15) is 44.4 Å². The fraction of sp³-hybridized carbons (Fsp3) is 0.269. The van der Waals surface area contributed by atoms with E-state index in [1.54, 1.807) is 30.3 Å². The lowest BCUT2D eigenvalue weighted by molar-refractivity contribution is -0.122. The highest BCUT2D eigenvalue weighted by Crippen LogP contribution is 2.40. The second kappa shape index (κ2) is 8.19. The van der Waals surface area contributed by atoms with E-state index in [9.17, 15) is 14.4 Å². The molecule has 1 saturated heterocycles. The van der Waals surface area contributed by atoms with Gasteiger partial charge in [0, 0.05) is 22.8 Å². The first-order chi connectivity index (χ1) is 15.5. The Bertz CT molecular complexity index is 1240. The normalized spacial score (nSPS) is 18.9. The van der Waals surface area contributed by atoms with Crippen LogP contribution in [0.5, 0.6) is 0 Å². The molecule has 6 nitrogen and oxygen atoms in total. The van der Waals surface area contributed by atoms with Gasteiger partial charge in [-0.05, 0) is 93.8 Å². The van der Waals surface area contributed by atoms with Crippen LogP contribution in [-0.2, 0) is 9.59 Å². The number of aryl methyl sites for hydroxylation is 1. The molecule has 2 aliphatic heterocycles. The summed E-state index contributed by atoms with van der Waals surface area (Å²) in [6.07, 6.45) is 3.79. The summed E-state index contributed by atoms with van der Waals surface area (Å²) in [4.78, 5) is 41.5. The molecule has 0 spiro atoms. The first kappa shape index (κ1) is 22.8. The van der Waals surface area contributed by atoms with Crippen molar-refractivity contribution in [1.29, 1.82) is 0 Å². The summed E-state index contributed by atoms with van der Waals surface area (Å²) in [6, 6.07) is 9.61. The lowest BCUT2D eigenvalue weighted by atomic mass is 9.86. The largest absolute Gasteiger partial charge is 0.363 e. The van der Waals surface area contributed by atoms with E-state index in [4.69, 9.17) is 11.6 Å². The summed E-state index contributed by atoms with van der Waals surface area (Å²) < 4.78 is 0. The third-order valence-corrected chi connectivity index (χ3v) is 6.42. The van der Waals surface area contributed by atoms with Crippen LogP contribution in [0.4, 0.5) is 16.2 Å². The van der Waals surface area contributed by atoms with Gasteiger partial charge >= 0.3 is 6.03 Å². The average Bonchev–Trinajstić information content (AvgIpc) is 2.72. The number of halogens is 1. The van der Waals surface area contributed by atoms with Crippen molar-refractivity contribution in [2.45, 2.75) is 40.2 Å². The van der Waals surface area contributed by atoms with Crippen molar-refractivity contribution in [2.75, 3.05) is 16.3 Å². The number of carbonyl (C=O) groups is 3. The molecule has 2 aliphatic rings. The predicted octanol–water partition coefficient (Wildman–Crippen LogP) is 5.34. The number of urea groups is 1. The molecule has 33 heavy (non-hydrogen) atoms. The van der Waals surface area contributed by atoms with Crippen LogP contribution in [0, 0.1) is 6.92 Å². The molecule has 0 aliphatic carbocycles. The van der Waals surface area contributed by atoms with Gasteiger partial charge in [0.05, 0.1) is 11.2 Å². The Hall–Kier alpha value is -3.38. The molecule has 2 heterocycles. The number of rotatable bonds is 3. The molecule has 0 aromatic heterocycles. The van der Waals surface area contributed by atoms with Crippen molar-refractivity contribution in [1.82, 2.24) is 5.32 Å². The number of nitrogens with one attached hydrogen (secondary N) is 1. The first-order valence-electron chi connectivity index (χ1n) is 10.8. The molecule has 4 rings (SSSR count). The highest BCUT2D eigenvalue weighted by atomic mass is 35.5. The number of carbonyl (C=O) groups excluding carboxylic acids is 3. The lowest BCUT2D eigenvalue weighted by Crippen LogP contribution is -2.54. The number of imide groups is 2. The van der Waals surface area contributed by atoms with Crippen molar-refractivity contribution in [2.24, 2.45) is 0 Å². The van der Waals surface area contributed by atoms with E-state index in [1.165, 1.54) is 0 Å². The predicted molar refractivity (Wildman–Crippen MR) is 132 cm³/mol. The van der Waals surface area contributed by atoms with E-state index < -0.39 is 17.8 Å². The average molecular weight is 464 g/mol. The molecule has 0 saturated carbocycles. The van der Waals surface area contributed by atoms with Crippen LogP contribution >= 0.6 is 11.6 Å². The minimum absolute atomic E-state index is 0.0993. The van der Waals surface area contributed by atoms with Gasteiger partial charge in [-0.3, -0.25) is 14.9 Å². The third kappa shape index (κ3) is 3.95. The molecule has 7 heteroatoms. The van der Waals surface area contributed by atoms with Gasteiger partial charge < -0.3 is 4.90 Å². The van der Waals surface area contributed by atoms with Crippen LogP contribution in [-0.4, -0.2) is 29.9 Å². The molecule has 170 valence electrons. The summed E-state index contributed by atoms with van der Waals surface area (Å²) in [5, 5.41) is 2.75. The monoisotopic (exact) mass is 463 g/mol. The minimum Gasteiger partial charge on any atom is -0.363 e. The third-order valence-electron chi connectivity index (χ3n) is 6.17. The standard InChI is InChI=1S/C26H26ClN3O3/c1-6-29-22-11-15(2)17(12-20(22)16(3)14-26(29,4)5)13-21-23(31)28-25(33)30(24(21)32)19-9-7-18(27)8-10-19/h7-14H,6H2,1-5H3,(H,28,31,33)/b21-13+. The number of benzene rings is 2. The van der Waals surface area contributed by atoms with Crippen LogP contribution in [0.15, 0.2) is 48.0 Å². The van der Waals surface area contributed by atoms with Crippen LogP contribution in [0.25, 0.3) is 11.6 Å². The lowest BCUT2D eigenvalue weighted by Gasteiger charge is -2.43. The number of hydrogen-bond acceptors (Lipinski definition) is 4. The molecule has 0 bridgehead atoms. The fourth-order valence-electron chi connectivity index (χ4n) is 4.62. The molecule has 4 amide bonds. The van der Waals surface area contributed by atoms with Crippen molar-refractivity contribution in [3.8, 4) is 0 Å². The molecule has 1 fully saturated rings. The molecule has 0 atom stereocenters. The summed E-state index contributed by atoms with van der Waals surface area (Å²) in [7, 11) is 0. The maximum atomic E-state index is 13.2. The minimum atomic E-state index is -0.786. The van der Waals surface area contributed by atoms with E-state index in [1.807, 2.05) is 13.0 Å². The van der Waals surface area contributed by atoms with Crippen LogP contribution in [0.2, 0.25) is 5.02 Å². The SMILES string of the molecule is CCN1c2cc(C)c(/C=C3\C(=O)NC(=O)N(c4ccc(Cl)cc4)C3=O)cc2C(C)=CC1(C)C. The Kier molecular flexibility index (Phi) is 5.66. The Labute approximate surface area is 198 Å². The van der Waals surface area contributed by atoms with Crippen LogP contribution in [0.3, 0.4) is 0 Å². The topological polar surface area (TPSA) is 69.7 Å². The maximum absolute atomic E-state index is 13.2. The number of hydrogen-bond donors (Lipinski definition) is 1. The zero-order valence-electron chi connectivity index (χ0n) is 19.3. The zero-order valence-corrected chi connectivity index (χ0v) is 20.1. The summed E-state index contributed by atoms with van der Waals surface area (Å²) in [5.74, 6) is -1.39. The van der Waals surface area contributed by atoms with Gasteiger partial charge in [0.1, 0.15) is 5.57 Å². The quantitative estimate of drug-likeness (QED) is 0.493. The first-order valence-corrected chi connectivity index (χ1v) is 11.2. The van der Waals surface area contributed by atoms with Gasteiger partial charge in [0.2, 0.25) is 0 Å². The molecule has 0 unspecified atom stereocenters. The van der Waals surface area contributed by atoms with Gasteiger partial charge in [-0.2, -0.15) is 0 Å². The van der Waals surface area contributed by atoms with Gasteiger partial charge in [-0.25, -0.2) is 9.69 Å². The van der Waals surface area contributed by atoms with Gasteiger partial charge in [0.25, 0.3) is 11.8 Å². The Morgan fingerprint density at radius 2 is 1.73 bits per heavy atom. The van der Waals surface area contributed by atoms with Crippen LogP contribution < -0.4 is 15.1 Å². The molecule has 0 radical (unpaired) electrons. The van der Waals surface area contributed by atoms with Crippen molar-refractivity contribution in [3.05, 3.63) is 69.8 Å². The number of nitrogens with zero attached hydrogens (tertiary/aromatic N) is 2. The number of fused-ring (bicyclic) bond motifs is 1. The number of anilines is 2. The van der Waals surface area contributed by atoms with E-state index in [0.717, 1.165) is 39.4 Å². The zero-order chi connectivity index (χ0) is 24.1. The number of likely N-dealkylation sites (N-methyl/N-ethyl adjacent to an activating group) is 1. The van der Waals surface area contributed by atoms with E-state index >= 15 is 0 Å². The molecule has 2 aromatic rings. The molecule has 2 aromatic carbocycles. The highest BCUT2D eigenvalue weighted by molar-refractivity contribution is 6.39. The smallest absolute Gasteiger partial charge is 0.335 e. The number of amides is 4. The summed E-state index contributed by atoms with van der Waals surface area (Å²) in [6.45, 7) is 11.4. The number of barbiturate groups is 1. The van der Waals surface area contributed by atoms with E-state index in [-0.39, 0.29) is 11.1 Å². The molecular weight excluding hydrogens is 438 g/mol. The Morgan fingerprint density at radius 1 is 1.06 bits per heavy atom. The van der Waals surface area contributed by atoms with E-state index in [0.29, 0.717) is 10.7 Å². The number of allylic oxidation sites excluding steroid dienone is 1. The fourth-order valence-corrected chi connectivity index (χ4v) is 4.74. The molecule has 1 N–H and O–H groups in total. The second-order valence-electron chi connectivity index (χ2n) is 8.89. The highest BCUT2D eigenvalue weighted by Gasteiger charge is 2.37. The maximum Gasteiger partial charge on any atom is 0.335 e.